The van der Waals surface area contributed by atoms with Gasteiger partial charge in [-0.1, -0.05) is 0 Å². The van der Waals surface area contributed by atoms with Crippen LogP contribution in [0.3, 0.4) is 0 Å². The topological polar surface area (TPSA) is 81.1 Å². The fourth-order valence-corrected chi connectivity index (χ4v) is 1.09. The Morgan fingerprint density at radius 1 is 1.41 bits per heavy atom. The summed E-state index contributed by atoms with van der Waals surface area (Å²) in [5, 5.41) is 2.23. The molecule has 0 heterocycles. The Hall–Kier alpha value is -1.76. The molecule has 1 unspecified atom stereocenters. The number of nitrogen functional groups attached to an aromatic ring is 1. The molecule has 0 aliphatic rings. The standard InChI is InChI=1S/C10H12F3N3O/c1-5(14)9(17)16-8-4-6(10(11,12)13)2-3-7(8)15/h2-5H,14-15H2,1H3,(H,16,17). The van der Waals surface area contributed by atoms with E-state index in [4.69, 9.17) is 11.5 Å². The van der Waals surface area contributed by atoms with Crippen molar-refractivity contribution < 1.29 is 18.0 Å². The molecule has 1 aromatic rings. The van der Waals surface area contributed by atoms with Crippen LogP contribution in [-0.4, -0.2) is 11.9 Å². The predicted octanol–water partition coefficient (Wildman–Crippen LogP) is 1.57. The Balaban J connectivity index is 3.03. The highest BCUT2D eigenvalue weighted by atomic mass is 19.4. The first-order valence-electron chi connectivity index (χ1n) is 4.75. The number of carbonyl (C=O) groups excluding carboxylic acids is 1. The van der Waals surface area contributed by atoms with Crippen LogP contribution >= 0.6 is 0 Å². The molecule has 0 bridgehead atoms. The molecule has 0 saturated heterocycles. The molecule has 94 valence electrons. The van der Waals surface area contributed by atoms with E-state index in [1.54, 1.807) is 0 Å². The van der Waals surface area contributed by atoms with Crippen LogP contribution in [0, 0.1) is 0 Å². The fourth-order valence-electron chi connectivity index (χ4n) is 1.09. The van der Waals surface area contributed by atoms with Crippen LogP contribution in [0.1, 0.15) is 12.5 Å². The third kappa shape index (κ3) is 3.35. The molecule has 0 aliphatic heterocycles. The summed E-state index contributed by atoms with van der Waals surface area (Å²) in [6, 6.07) is 1.87. The maximum atomic E-state index is 12.4. The highest BCUT2D eigenvalue weighted by molar-refractivity contribution is 5.97. The largest absolute Gasteiger partial charge is 0.416 e. The second-order valence-electron chi connectivity index (χ2n) is 3.58. The number of anilines is 2. The van der Waals surface area contributed by atoms with Crippen LogP contribution in [0.2, 0.25) is 0 Å². The third-order valence-electron chi connectivity index (χ3n) is 2.05. The number of halogens is 3. The van der Waals surface area contributed by atoms with Gasteiger partial charge in [-0.05, 0) is 25.1 Å². The van der Waals surface area contributed by atoms with Crippen molar-refractivity contribution in [3.8, 4) is 0 Å². The second-order valence-corrected chi connectivity index (χ2v) is 3.58. The van der Waals surface area contributed by atoms with Crippen molar-refractivity contribution in [2.45, 2.75) is 19.1 Å². The zero-order valence-corrected chi connectivity index (χ0v) is 9.01. The van der Waals surface area contributed by atoms with Gasteiger partial charge in [0.2, 0.25) is 5.91 Å². The summed E-state index contributed by atoms with van der Waals surface area (Å²) in [6.45, 7) is 1.42. The van der Waals surface area contributed by atoms with Gasteiger partial charge in [-0.3, -0.25) is 4.79 Å². The molecule has 1 rings (SSSR count). The van der Waals surface area contributed by atoms with E-state index in [2.05, 4.69) is 5.32 Å². The molecule has 0 aliphatic carbocycles. The number of rotatable bonds is 2. The van der Waals surface area contributed by atoms with Crippen LogP contribution in [0.5, 0.6) is 0 Å². The number of amides is 1. The van der Waals surface area contributed by atoms with Crippen molar-refractivity contribution in [2.24, 2.45) is 5.73 Å². The van der Waals surface area contributed by atoms with Crippen LogP contribution in [-0.2, 0) is 11.0 Å². The highest BCUT2D eigenvalue weighted by Crippen LogP contribution is 2.32. The molecule has 0 spiro atoms. The number of benzene rings is 1. The van der Waals surface area contributed by atoms with E-state index >= 15 is 0 Å². The monoisotopic (exact) mass is 247 g/mol. The molecular weight excluding hydrogens is 235 g/mol. The number of nitrogens with one attached hydrogen (secondary N) is 1. The minimum absolute atomic E-state index is 0.0481. The zero-order valence-electron chi connectivity index (χ0n) is 9.01. The van der Waals surface area contributed by atoms with Gasteiger partial charge in [0.25, 0.3) is 0 Å². The van der Waals surface area contributed by atoms with Gasteiger partial charge in [0.15, 0.2) is 0 Å². The first-order valence-corrected chi connectivity index (χ1v) is 4.75. The second kappa shape index (κ2) is 4.62. The first kappa shape index (κ1) is 13.3. The van der Waals surface area contributed by atoms with Gasteiger partial charge in [0, 0.05) is 0 Å². The van der Waals surface area contributed by atoms with Gasteiger partial charge in [-0.15, -0.1) is 0 Å². The molecule has 1 atom stereocenters. The predicted molar refractivity (Wildman–Crippen MR) is 58.1 cm³/mol. The van der Waals surface area contributed by atoms with E-state index in [0.29, 0.717) is 0 Å². The summed E-state index contributed by atoms with van der Waals surface area (Å²) >= 11 is 0. The molecule has 0 aromatic heterocycles. The summed E-state index contributed by atoms with van der Waals surface area (Å²) in [7, 11) is 0. The molecule has 5 N–H and O–H groups in total. The summed E-state index contributed by atoms with van der Waals surface area (Å²) in [4.78, 5) is 11.3. The fraction of sp³-hybridized carbons (Fsp3) is 0.300. The van der Waals surface area contributed by atoms with E-state index in [-0.39, 0.29) is 11.4 Å². The van der Waals surface area contributed by atoms with Crippen LogP contribution in [0.25, 0.3) is 0 Å². The van der Waals surface area contributed by atoms with Crippen molar-refractivity contribution in [2.75, 3.05) is 11.1 Å². The van der Waals surface area contributed by atoms with Gasteiger partial charge in [-0.25, -0.2) is 0 Å². The Kier molecular flexibility index (Phi) is 3.62. The molecule has 0 saturated carbocycles. The number of nitrogens with two attached hydrogens (primary N) is 2. The molecule has 1 amide bonds. The summed E-state index contributed by atoms with van der Waals surface area (Å²) in [5.74, 6) is -0.601. The maximum Gasteiger partial charge on any atom is 0.416 e. The maximum absolute atomic E-state index is 12.4. The van der Waals surface area contributed by atoms with E-state index in [1.165, 1.54) is 6.92 Å². The van der Waals surface area contributed by atoms with Gasteiger partial charge in [0.05, 0.1) is 23.0 Å². The lowest BCUT2D eigenvalue weighted by Gasteiger charge is -2.13. The quantitative estimate of drug-likeness (QED) is 0.694. The van der Waals surface area contributed by atoms with Crippen molar-refractivity contribution in [3.05, 3.63) is 23.8 Å². The lowest BCUT2D eigenvalue weighted by Crippen LogP contribution is -2.32. The van der Waals surface area contributed by atoms with Crippen molar-refractivity contribution >= 4 is 17.3 Å². The SMILES string of the molecule is CC(N)C(=O)Nc1cc(C(F)(F)F)ccc1N. The van der Waals surface area contributed by atoms with Crippen LogP contribution in [0.15, 0.2) is 18.2 Å². The van der Waals surface area contributed by atoms with Crippen molar-refractivity contribution in [1.82, 2.24) is 0 Å². The highest BCUT2D eigenvalue weighted by Gasteiger charge is 2.31. The molecular formula is C10H12F3N3O. The molecule has 1 aromatic carbocycles. The Morgan fingerprint density at radius 3 is 2.47 bits per heavy atom. The van der Waals surface area contributed by atoms with Gasteiger partial charge in [0.1, 0.15) is 0 Å². The van der Waals surface area contributed by atoms with E-state index in [1.807, 2.05) is 0 Å². The minimum atomic E-state index is -4.48. The number of hydrogen-bond donors (Lipinski definition) is 3. The average Bonchev–Trinajstić information content (AvgIpc) is 2.19. The smallest absolute Gasteiger partial charge is 0.397 e. The van der Waals surface area contributed by atoms with Gasteiger partial charge >= 0.3 is 6.18 Å². The van der Waals surface area contributed by atoms with Crippen LogP contribution < -0.4 is 16.8 Å². The number of alkyl halides is 3. The summed E-state index contributed by atoms with van der Waals surface area (Å²) in [6.07, 6.45) is -4.48. The van der Waals surface area contributed by atoms with Gasteiger partial charge < -0.3 is 16.8 Å². The van der Waals surface area contributed by atoms with E-state index < -0.39 is 23.7 Å². The summed E-state index contributed by atoms with van der Waals surface area (Å²) in [5.41, 5.74) is 9.81. The number of carbonyl (C=O) groups is 1. The molecule has 0 fully saturated rings. The molecule has 4 nitrogen and oxygen atoms in total. The molecule has 0 radical (unpaired) electrons. The third-order valence-corrected chi connectivity index (χ3v) is 2.05. The van der Waals surface area contributed by atoms with Gasteiger partial charge in [-0.2, -0.15) is 13.2 Å². The summed E-state index contributed by atoms with van der Waals surface area (Å²) < 4.78 is 37.3. The normalized spacial score (nSPS) is 13.2. The lowest BCUT2D eigenvalue weighted by atomic mass is 10.1. The van der Waals surface area contributed by atoms with E-state index in [0.717, 1.165) is 18.2 Å². The Morgan fingerprint density at radius 2 is 2.00 bits per heavy atom. The van der Waals surface area contributed by atoms with Crippen LogP contribution in [0.4, 0.5) is 24.5 Å². The average molecular weight is 247 g/mol. The Bertz CT molecular complexity index is 429. The first-order chi connectivity index (χ1) is 7.71. The zero-order chi connectivity index (χ0) is 13.2. The Labute approximate surface area is 95.8 Å². The lowest BCUT2D eigenvalue weighted by molar-refractivity contribution is -0.137. The number of hydrogen-bond acceptors (Lipinski definition) is 3. The minimum Gasteiger partial charge on any atom is -0.397 e. The molecule has 7 heteroatoms. The van der Waals surface area contributed by atoms with Crippen molar-refractivity contribution in [1.29, 1.82) is 0 Å². The molecule has 17 heavy (non-hydrogen) atoms. The van der Waals surface area contributed by atoms with E-state index in [9.17, 15) is 18.0 Å². The van der Waals surface area contributed by atoms with Crippen molar-refractivity contribution in [3.63, 3.8) is 0 Å².